The minimum Gasteiger partial charge on any atom is -0.482 e. The topological polar surface area (TPSA) is 119 Å². The first-order valence-corrected chi connectivity index (χ1v) is 11.8. The average Bonchev–Trinajstić information content (AvgIpc) is 3.11. The van der Waals surface area contributed by atoms with Crippen LogP contribution in [0.15, 0.2) is 77.7 Å². The molecule has 1 aliphatic heterocycles. The highest BCUT2D eigenvalue weighted by Gasteiger charge is 2.35. The molecule has 4 rings (SSSR count). The Morgan fingerprint density at radius 1 is 1.08 bits per heavy atom. The summed E-state index contributed by atoms with van der Waals surface area (Å²) in [5.74, 6) is -0.524. The zero-order valence-electron chi connectivity index (χ0n) is 18.5. The Morgan fingerprint density at radius 3 is 2.47 bits per heavy atom. The number of non-ortho nitro benzene ring substituents is 1. The standard InChI is InChI=1S/C25H18ClN3O6S/c26-20-12-17(8-11-21(20)35-15-23(30)27-18-4-2-1-3-5-18)13-22-24(31)28(25(32)36-22)14-16-6-9-19(10-7-16)29(33)34/h1-13H,14-15H2,(H,27,30)/b22-13-. The molecule has 11 heteroatoms. The molecular formula is C25H18ClN3O6S. The maximum Gasteiger partial charge on any atom is 0.293 e. The predicted molar refractivity (Wildman–Crippen MR) is 137 cm³/mol. The molecule has 0 bridgehead atoms. The highest BCUT2D eigenvalue weighted by atomic mass is 35.5. The molecule has 0 radical (unpaired) electrons. The molecule has 1 fully saturated rings. The number of anilines is 1. The van der Waals surface area contributed by atoms with E-state index in [2.05, 4.69) is 5.32 Å². The molecule has 36 heavy (non-hydrogen) atoms. The van der Waals surface area contributed by atoms with Gasteiger partial charge in [-0.15, -0.1) is 0 Å². The number of imide groups is 1. The number of amides is 3. The number of benzene rings is 3. The largest absolute Gasteiger partial charge is 0.482 e. The summed E-state index contributed by atoms with van der Waals surface area (Å²) < 4.78 is 5.50. The number of para-hydroxylation sites is 1. The molecule has 182 valence electrons. The number of nitro groups is 1. The van der Waals surface area contributed by atoms with Crippen molar-refractivity contribution in [3.8, 4) is 5.75 Å². The summed E-state index contributed by atoms with van der Waals surface area (Å²) in [7, 11) is 0. The van der Waals surface area contributed by atoms with Gasteiger partial charge in [-0.2, -0.15) is 0 Å². The molecule has 0 atom stereocenters. The van der Waals surface area contributed by atoms with Gasteiger partial charge in [0.1, 0.15) is 5.75 Å². The predicted octanol–water partition coefficient (Wildman–Crippen LogP) is 5.50. The first-order valence-electron chi connectivity index (χ1n) is 10.6. The van der Waals surface area contributed by atoms with Gasteiger partial charge >= 0.3 is 0 Å². The van der Waals surface area contributed by atoms with Crippen LogP contribution in [0.3, 0.4) is 0 Å². The Balaban J connectivity index is 1.38. The van der Waals surface area contributed by atoms with Crippen LogP contribution < -0.4 is 10.1 Å². The number of thioether (sulfide) groups is 1. The van der Waals surface area contributed by atoms with E-state index < -0.39 is 16.1 Å². The van der Waals surface area contributed by atoms with Gasteiger partial charge in [0.15, 0.2) is 6.61 Å². The SMILES string of the molecule is O=C(COc1ccc(/C=C2\SC(=O)N(Cc3ccc([N+](=O)[O-])cc3)C2=O)cc1Cl)Nc1ccccc1. The summed E-state index contributed by atoms with van der Waals surface area (Å²) in [6.45, 7) is -0.242. The second-order valence-corrected chi connectivity index (χ2v) is 8.98. The van der Waals surface area contributed by atoms with Crippen molar-refractivity contribution in [1.82, 2.24) is 4.90 Å². The smallest absolute Gasteiger partial charge is 0.293 e. The Bertz CT molecular complexity index is 1360. The van der Waals surface area contributed by atoms with E-state index in [1.807, 2.05) is 6.07 Å². The highest BCUT2D eigenvalue weighted by molar-refractivity contribution is 8.18. The molecule has 9 nitrogen and oxygen atoms in total. The zero-order chi connectivity index (χ0) is 25.7. The molecule has 3 aromatic rings. The second-order valence-electron chi connectivity index (χ2n) is 7.58. The average molecular weight is 524 g/mol. The zero-order valence-corrected chi connectivity index (χ0v) is 20.1. The molecular weight excluding hydrogens is 506 g/mol. The van der Waals surface area contributed by atoms with Crippen LogP contribution in [-0.2, 0) is 16.1 Å². The molecule has 1 saturated heterocycles. The number of carbonyl (C=O) groups excluding carboxylic acids is 3. The monoisotopic (exact) mass is 523 g/mol. The molecule has 1 aliphatic rings. The van der Waals surface area contributed by atoms with E-state index in [9.17, 15) is 24.5 Å². The van der Waals surface area contributed by atoms with Crippen molar-refractivity contribution in [2.24, 2.45) is 0 Å². The molecule has 1 heterocycles. The van der Waals surface area contributed by atoms with Crippen molar-refractivity contribution in [2.45, 2.75) is 6.54 Å². The maximum atomic E-state index is 12.8. The number of halogens is 1. The number of carbonyl (C=O) groups is 3. The third-order valence-electron chi connectivity index (χ3n) is 5.03. The fraction of sp³-hybridized carbons (Fsp3) is 0.0800. The summed E-state index contributed by atoms with van der Waals surface area (Å²) in [4.78, 5) is 48.8. The number of nitro benzene ring substituents is 1. The van der Waals surface area contributed by atoms with Gasteiger partial charge in [0.2, 0.25) is 0 Å². The lowest BCUT2D eigenvalue weighted by atomic mass is 10.2. The first kappa shape index (κ1) is 25.0. The Morgan fingerprint density at radius 2 is 1.81 bits per heavy atom. The maximum absolute atomic E-state index is 12.8. The van der Waals surface area contributed by atoms with Gasteiger partial charge in [-0.25, -0.2) is 0 Å². The van der Waals surface area contributed by atoms with Crippen molar-refractivity contribution in [2.75, 3.05) is 11.9 Å². The van der Waals surface area contributed by atoms with Gasteiger partial charge in [0, 0.05) is 17.8 Å². The fourth-order valence-corrected chi connectivity index (χ4v) is 4.36. The number of nitrogens with zero attached hydrogens (tertiary/aromatic N) is 2. The van der Waals surface area contributed by atoms with Crippen molar-refractivity contribution >= 4 is 57.9 Å². The number of rotatable bonds is 8. The van der Waals surface area contributed by atoms with E-state index in [4.69, 9.17) is 16.3 Å². The lowest BCUT2D eigenvalue weighted by molar-refractivity contribution is -0.384. The molecule has 0 aliphatic carbocycles. The van der Waals surface area contributed by atoms with Gasteiger partial charge in [0.25, 0.3) is 22.7 Å². The van der Waals surface area contributed by atoms with E-state index in [1.165, 1.54) is 24.3 Å². The second kappa shape index (κ2) is 11.1. The highest BCUT2D eigenvalue weighted by Crippen LogP contribution is 2.34. The summed E-state index contributed by atoms with van der Waals surface area (Å²) in [5, 5.41) is 13.3. The third-order valence-corrected chi connectivity index (χ3v) is 6.23. The number of ether oxygens (including phenoxy) is 1. The van der Waals surface area contributed by atoms with Crippen LogP contribution >= 0.6 is 23.4 Å². The van der Waals surface area contributed by atoms with Crippen LogP contribution in [0.5, 0.6) is 5.75 Å². The Hall–Kier alpha value is -4.15. The normalized spacial score (nSPS) is 14.2. The quantitative estimate of drug-likeness (QED) is 0.235. The van der Waals surface area contributed by atoms with Crippen molar-refractivity contribution in [1.29, 1.82) is 0 Å². The van der Waals surface area contributed by atoms with E-state index in [-0.39, 0.29) is 34.7 Å². The van der Waals surface area contributed by atoms with Crippen LogP contribution in [0.1, 0.15) is 11.1 Å². The van der Waals surface area contributed by atoms with Crippen molar-refractivity contribution in [3.05, 3.63) is 104 Å². The van der Waals surface area contributed by atoms with Crippen LogP contribution in [-0.4, -0.2) is 33.5 Å². The van der Waals surface area contributed by atoms with Gasteiger partial charge in [-0.1, -0.05) is 48.0 Å². The summed E-state index contributed by atoms with van der Waals surface area (Å²) in [5.41, 5.74) is 1.73. The Labute approximate surface area is 214 Å². The molecule has 3 amide bonds. The van der Waals surface area contributed by atoms with Crippen molar-refractivity contribution in [3.63, 3.8) is 0 Å². The first-order chi connectivity index (χ1) is 17.3. The number of hydrogen-bond donors (Lipinski definition) is 1. The third kappa shape index (κ3) is 6.09. The molecule has 3 aromatic carbocycles. The molecule has 0 saturated carbocycles. The lowest BCUT2D eigenvalue weighted by Crippen LogP contribution is -2.27. The molecule has 1 N–H and O–H groups in total. The van der Waals surface area contributed by atoms with E-state index in [1.54, 1.807) is 48.5 Å². The van der Waals surface area contributed by atoms with Gasteiger partial charge in [0.05, 0.1) is 21.4 Å². The molecule has 0 unspecified atom stereocenters. The summed E-state index contributed by atoms with van der Waals surface area (Å²) >= 11 is 7.08. The van der Waals surface area contributed by atoms with Crippen LogP contribution in [0.4, 0.5) is 16.2 Å². The summed E-state index contributed by atoms with van der Waals surface area (Å²) in [6, 6.07) is 19.4. The van der Waals surface area contributed by atoms with Crippen LogP contribution in [0, 0.1) is 10.1 Å². The lowest BCUT2D eigenvalue weighted by Gasteiger charge is -2.12. The summed E-state index contributed by atoms with van der Waals surface area (Å²) in [6.07, 6.45) is 1.54. The van der Waals surface area contributed by atoms with Gasteiger partial charge in [-0.3, -0.25) is 29.4 Å². The van der Waals surface area contributed by atoms with Crippen LogP contribution in [0.2, 0.25) is 5.02 Å². The number of nitrogens with one attached hydrogen (secondary N) is 1. The molecule has 0 spiro atoms. The van der Waals surface area contributed by atoms with E-state index in [0.29, 0.717) is 22.6 Å². The Kier molecular flexibility index (Phi) is 7.67. The van der Waals surface area contributed by atoms with E-state index >= 15 is 0 Å². The van der Waals surface area contributed by atoms with Gasteiger partial charge in [-0.05, 0) is 53.2 Å². The van der Waals surface area contributed by atoms with E-state index in [0.717, 1.165) is 16.7 Å². The number of hydrogen-bond acceptors (Lipinski definition) is 7. The van der Waals surface area contributed by atoms with Gasteiger partial charge < -0.3 is 10.1 Å². The minimum absolute atomic E-state index is 0.00141. The fourth-order valence-electron chi connectivity index (χ4n) is 3.28. The molecule has 0 aromatic heterocycles. The van der Waals surface area contributed by atoms with Crippen LogP contribution in [0.25, 0.3) is 6.08 Å². The minimum atomic E-state index is -0.520. The van der Waals surface area contributed by atoms with Crippen molar-refractivity contribution < 1.29 is 24.0 Å².